The maximum Gasteiger partial charge on any atom is 0.358 e. The minimum atomic E-state index is -0.424. The first-order chi connectivity index (χ1) is 12.1. The lowest BCUT2D eigenvalue weighted by Crippen LogP contribution is -2.16. The maximum absolute atomic E-state index is 11.8. The minimum Gasteiger partial charge on any atom is -0.464 e. The summed E-state index contributed by atoms with van der Waals surface area (Å²) in [6, 6.07) is 10.3. The number of hydrogen-bond acceptors (Lipinski definition) is 4. The number of rotatable bonds is 4. The van der Waals surface area contributed by atoms with E-state index in [9.17, 15) is 4.79 Å². The normalized spacial score (nSPS) is 9.12. The fourth-order valence-corrected chi connectivity index (χ4v) is 2.18. The van der Waals surface area contributed by atoms with Crippen LogP contribution in [0.2, 0.25) is 0 Å². The fraction of sp³-hybridized carbons (Fsp3) is 0.429. The van der Waals surface area contributed by atoms with Crippen molar-refractivity contribution in [2.45, 2.75) is 41.0 Å². The first-order valence-electron chi connectivity index (χ1n) is 8.91. The van der Waals surface area contributed by atoms with Crippen LogP contribution in [0.1, 0.15) is 50.7 Å². The summed E-state index contributed by atoms with van der Waals surface area (Å²) in [4.78, 5) is 17.9. The van der Waals surface area contributed by atoms with Crippen molar-refractivity contribution in [3.05, 3.63) is 47.8 Å². The zero-order valence-electron chi connectivity index (χ0n) is 16.9. The highest BCUT2D eigenvalue weighted by Crippen LogP contribution is 2.26. The molecule has 0 aliphatic heterocycles. The van der Waals surface area contributed by atoms with Crippen molar-refractivity contribution in [1.29, 1.82) is 0 Å². The minimum absolute atomic E-state index is 0.331. The van der Waals surface area contributed by atoms with Gasteiger partial charge in [-0.25, -0.2) is 9.78 Å². The molecule has 0 atom stereocenters. The van der Waals surface area contributed by atoms with E-state index in [0.717, 1.165) is 23.2 Å². The van der Waals surface area contributed by atoms with E-state index in [1.807, 2.05) is 64.9 Å². The molecule has 2 rings (SSSR count). The Morgan fingerprint density at radius 3 is 2.24 bits per heavy atom. The van der Waals surface area contributed by atoms with Crippen LogP contribution in [0.5, 0.6) is 0 Å². The van der Waals surface area contributed by atoms with Crippen LogP contribution in [0.4, 0.5) is 5.69 Å². The number of ether oxygens (including phenoxy) is 1. The summed E-state index contributed by atoms with van der Waals surface area (Å²) in [5.74, 6) is -0.424. The van der Waals surface area contributed by atoms with Crippen molar-refractivity contribution in [1.82, 2.24) is 4.98 Å². The zero-order chi connectivity index (χ0) is 19.4. The van der Waals surface area contributed by atoms with E-state index >= 15 is 0 Å². The van der Waals surface area contributed by atoms with E-state index in [4.69, 9.17) is 4.74 Å². The lowest BCUT2D eigenvalue weighted by atomic mass is 10.0. The second-order valence-electron chi connectivity index (χ2n) is 5.03. The molecule has 2 aromatic rings. The number of aryl methyl sites for hydroxylation is 1. The van der Waals surface area contributed by atoms with E-state index in [0.29, 0.717) is 5.69 Å². The highest BCUT2D eigenvalue weighted by atomic mass is 16.5. The van der Waals surface area contributed by atoms with Gasteiger partial charge in [-0.05, 0) is 23.6 Å². The second kappa shape index (κ2) is 12.1. The van der Waals surface area contributed by atoms with Gasteiger partial charge in [-0.2, -0.15) is 0 Å². The van der Waals surface area contributed by atoms with Crippen LogP contribution in [0, 0.1) is 0 Å². The summed E-state index contributed by atoms with van der Waals surface area (Å²) in [5, 5.41) is 0. The summed E-state index contributed by atoms with van der Waals surface area (Å²) in [5.41, 5.74) is 4.44. The number of benzene rings is 1. The average molecular weight is 344 g/mol. The summed E-state index contributed by atoms with van der Waals surface area (Å²) in [6.07, 6.45) is 2.70. The van der Waals surface area contributed by atoms with Gasteiger partial charge < -0.3 is 9.64 Å². The van der Waals surface area contributed by atoms with E-state index in [2.05, 4.69) is 24.0 Å². The first kappa shape index (κ1) is 22.6. The van der Waals surface area contributed by atoms with E-state index in [1.165, 1.54) is 12.7 Å². The van der Waals surface area contributed by atoms with Gasteiger partial charge in [0.15, 0.2) is 5.69 Å². The predicted octanol–water partition coefficient (Wildman–Crippen LogP) is 5.22. The first-order valence-corrected chi connectivity index (χ1v) is 8.91. The third-order valence-corrected chi connectivity index (χ3v) is 3.40. The Bertz CT molecular complexity index is 652. The van der Waals surface area contributed by atoms with Gasteiger partial charge in [-0.15, -0.1) is 0 Å². The number of pyridine rings is 1. The molecule has 138 valence electrons. The average Bonchev–Trinajstić information content (AvgIpc) is 2.70. The van der Waals surface area contributed by atoms with Crippen molar-refractivity contribution >= 4 is 11.7 Å². The molecule has 1 aromatic heterocycles. The summed E-state index contributed by atoms with van der Waals surface area (Å²) in [6.45, 7) is 10.1. The molecule has 0 fully saturated rings. The molecular weight excluding hydrogens is 312 g/mol. The molecular formula is C21H32N2O2. The van der Waals surface area contributed by atoms with Crippen LogP contribution < -0.4 is 4.90 Å². The van der Waals surface area contributed by atoms with Crippen LogP contribution in [0.25, 0.3) is 11.1 Å². The smallest absolute Gasteiger partial charge is 0.358 e. The Balaban J connectivity index is 0.00000134. The van der Waals surface area contributed by atoms with Crippen LogP contribution in [-0.4, -0.2) is 32.2 Å². The second-order valence-corrected chi connectivity index (χ2v) is 5.03. The topological polar surface area (TPSA) is 42.4 Å². The van der Waals surface area contributed by atoms with Gasteiger partial charge in [-0.3, -0.25) is 0 Å². The zero-order valence-corrected chi connectivity index (χ0v) is 16.9. The molecule has 0 radical (unpaired) electrons. The molecule has 0 aliphatic carbocycles. The van der Waals surface area contributed by atoms with Crippen LogP contribution >= 0.6 is 0 Å². The van der Waals surface area contributed by atoms with Crippen LogP contribution in [0.3, 0.4) is 0 Å². The number of aromatic nitrogens is 1. The third kappa shape index (κ3) is 6.22. The molecule has 0 aliphatic rings. The van der Waals surface area contributed by atoms with Crippen LogP contribution in [-0.2, 0) is 11.2 Å². The molecule has 0 spiro atoms. The van der Waals surface area contributed by atoms with Crippen LogP contribution in [0.15, 0.2) is 36.5 Å². The molecule has 0 amide bonds. The summed E-state index contributed by atoms with van der Waals surface area (Å²) in [7, 11) is 5.13. The lowest BCUT2D eigenvalue weighted by molar-refractivity contribution is 0.0595. The lowest BCUT2D eigenvalue weighted by Gasteiger charge is -2.17. The van der Waals surface area contributed by atoms with E-state index in [-0.39, 0.29) is 0 Å². The predicted molar refractivity (Wildman–Crippen MR) is 107 cm³/mol. The van der Waals surface area contributed by atoms with E-state index in [1.54, 1.807) is 6.20 Å². The van der Waals surface area contributed by atoms with Gasteiger partial charge in [0.2, 0.25) is 0 Å². The molecule has 0 bridgehead atoms. The Kier molecular flexibility index (Phi) is 10.9. The fourth-order valence-electron chi connectivity index (χ4n) is 2.18. The van der Waals surface area contributed by atoms with Gasteiger partial charge >= 0.3 is 5.97 Å². The van der Waals surface area contributed by atoms with E-state index < -0.39 is 5.97 Å². The van der Waals surface area contributed by atoms with Gasteiger partial charge in [0.1, 0.15) is 0 Å². The van der Waals surface area contributed by atoms with Crippen molar-refractivity contribution in [2.24, 2.45) is 0 Å². The molecule has 0 saturated heterocycles. The number of hydrogen-bond donors (Lipinski definition) is 0. The number of esters is 1. The highest BCUT2D eigenvalue weighted by Gasteiger charge is 2.16. The quantitative estimate of drug-likeness (QED) is 0.714. The molecule has 0 N–H and O–H groups in total. The number of anilines is 1. The van der Waals surface area contributed by atoms with Crippen molar-refractivity contribution in [3.63, 3.8) is 0 Å². The molecule has 0 unspecified atom stereocenters. The number of nitrogens with zero attached hydrogens (tertiary/aromatic N) is 2. The van der Waals surface area contributed by atoms with Crippen molar-refractivity contribution in [3.8, 4) is 11.1 Å². The largest absolute Gasteiger partial charge is 0.464 e. The number of carbonyl (C=O) groups excluding carboxylic acids is 1. The summed E-state index contributed by atoms with van der Waals surface area (Å²) < 4.78 is 4.78. The van der Waals surface area contributed by atoms with Gasteiger partial charge in [0.25, 0.3) is 0 Å². The van der Waals surface area contributed by atoms with Crippen molar-refractivity contribution in [2.75, 3.05) is 26.1 Å². The highest BCUT2D eigenvalue weighted by molar-refractivity contribution is 5.94. The molecule has 1 heterocycles. The van der Waals surface area contributed by atoms with Gasteiger partial charge in [-0.1, -0.05) is 58.9 Å². The van der Waals surface area contributed by atoms with Gasteiger partial charge in [0, 0.05) is 25.9 Å². The van der Waals surface area contributed by atoms with Gasteiger partial charge in [0.05, 0.1) is 12.8 Å². The standard InChI is InChI=1S/C17H20N2O2.2C2H6/c1-5-12-7-6-8-13(9-12)14-10-15(19(2)3)16(18-11-14)17(20)21-4;2*1-2/h6-11H,5H2,1-4H3;2*1-2H3. The van der Waals surface area contributed by atoms with Crippen molar-refractivity contribution < 1.29 is 9.53 Å². The number of carbonyl (C=O) groups is 1. The molecule has 25 heavy (non-hydrogen) atoms. The molecule has 1 aromatic carbocycles. The molecule has 4 heteroatoms. The number of methoxy groups -OCH3 is 1. The SMILES string of the molecule is CC.CC.CCc1cccc(-c2cnc(C(=O)OC)c(N(C)C)c2)c1. The Morgan fingerprint density at radius 1 is 1.08 bits per heavy atom. The molecule has 4 nitrogen and oxygen atoms in total. The molecule has 0 saturated carbocycles. The Labute approximate surface area is 152 Å². The maximum atomic E-state index is 11.8. The Hall–Kier alpha value is -2.36. The monoisotopic (exact) mass is 344 g/mol. The third-order valence-electron chi connectivity index (χ3n) is 3.40. The Morgan fingerprint density at radius 2 is 1.72 bits per heavy atom. The summed E-state index contributed by atoms with van der Waals surface area (Å²) >= 11 is 0.